The van der Waals surface area contributed by atoms with Crippen molar-refractivity contribution in [2.75, 3.05) is 43.5 Å². The van der Waals surface area contributed by atoms with Gasteiger partial charge in [0.25, 0.3) is 5.91 Å². The Morgan fingerprint density at radius 3 is 2.26 bits per heavy atom. The van der Waals surface area contributed by atoms with Crippen LogP contribution in [0.1, 0.15) is 16.1 Å². The first-order valence-corrected chi connectivity index (χ1v) is 10.6. The third-order valence-electron chi connectivity index (χ3n) is 5.20. The SMILES string of the molecule is O=C(CN1CCOCC1)Nc1ccc(NC(=O)c2ccc(-c3cccc(C(F)(F)F)c3)o2)cc1. The number of nitrogens with zero attached hydrogens (tertiary/aromatic N) is 1. The predicted octanol–water partition coefficient (Wildman–Crippen LogP) is 4.49. The Hall–Kier alpha value is -3.63. The number of hydrogen-bond donors (Lipinski definition) is 2. The first-order valence-electron chi connectivity index (χ1n) is 10.6. The van der Waals surface area contributed by atoms with Gasteiger partial charge in [-0.15, -0.1) is 0 Å². The highest BCUT2D eigenvalue weighted by Crippen LogP contribution is 2.32. The van der Waals surface area contributed by atoms with Crippen molar-refractivity contribution in [3.63, 3.8) is 0 Å². The molecule has 2 N–H and O–H groups in total. The molecule has 2 aromatic carbocycles. The van der Waals surface area contributed by atoms with E-state index in [2.05, 4.69) is 10.6 Å². The topological polar surface area (TPSA) is 83.8 Å². The van der Waals surface area contributed by atoms with E-state index < -0.39 is 17.6 Å². The van der Waals surface area contributed by atoms with Crippen molar-refractivity contribution in [1.29, 1.82) is 0 Å². The second kappa shape index (κ2) is 10.1. The average Bonchev–Trinajstić information content (AvgIpc) is 3.31. The summed E-state index contributed by atoms with van der Waals surface area (Å²) < 4.78 is 49.5. The molecule has 1 saturated heterocycles. The number of rotatable bonds is 6. The molecule has 34 heavy (non-hydrogen) atoms. The number of morpholine rings is 1. The number of benzene rings is 2. The lowest BCUT2D eigenvalue weighted by Gasteiger charge is -2.25. The van der Waals surface area contributed by atoms with Crippen molar-refractivity contribution in [2.45, 2.75) is 6.18 Å². The number of anilines is 2. The van der Waals surface area contributed by atoms with Crippen LogP contribution in [0.5, 0.6) is 0 Å². The van der Waals surface area contributed by atoms with Crippen LogP contribution < -0.4 is 10.6 Å². The van der Waals surface area contributed by atoms with Crippen molar-refractivity contribution >= 4 is 23.2 Å². The van der Waals surface area contributed by atoms with Gasteiger partial charge in [0.1, 0.15) is 5.76 Å². The van der Waals surface area contributed by atoms with E-state index in [9.17, 15) is 22.8 Å². The van der Waals surface area contributed by atoms with Crippen molar-refractivity contribution in [2.24, 2.45) is 0 Å². The Kier molecular flexibility index (Phi) is 6.99. The zero-order chi connectivity index (χ0) is 24.1. The lowest BCUT2D eigenvalue weighted by molar-refractivity contribution is -0.137. The van der Waals surface area contributed by atoms with E-state index in [4.69, 9.17) is 9.15 Å². The molecule has 1 fully saturated rings. The Morgan fingerprint density at radius 2 is 1.59 bits per heavy atom. The van der Waals surface area contributed by atoms with Crippen LogP contribution in [0.2, 0.25) is 0 Å². The zero-order valence-electron chi connectivity index (χ0n) is 18.0. The molecule has 0 spiro atoms. The van der Waals surface area contributed by atoms with Crippen LogP contribution >= 0.6 is 0 Å². The lowest BCUT2D eigenvalue weighted by Crippen LogP contribution is -2.41. The summed E-state index contributed by atoms with van der Waals surface area (Å²) in [6, 6.07) is 14.1. The quantitative estimate of drug-likeness (QED) is 0.551. The molecule has 178 valence electrons. The van der Waals surface area contributed by atoms with Gasteiger partial charge in [0, 0.05) is 30.0 Å². The minimum absolute atomic E-state index is 0.0460. The Morgan fingerprint density at radius 1 is 0.912 bits per heavy atom. The summed E-state index contributed by atoms with van der Waals surface area (Å²) >= 11 is 0. The second-order valence-electron chi connectivity index (χ2n) is 7.71. The monoisotopic (exact) mass is 473 g/mol. The lowest BCUT2D eigenvalue weighted by atomic mass is 10.1. The van der Waals surface area contributed by atoms with Crippen LogP contribution in [0, 0.1) is 0 Å². The van der Waals surface area contributed by atoms with Gasteiger partial charge in [0.05, 0.1) is 25.3 Å². The molecule has 1 aromatic heterocycles. The summed E-state index contributed by atoms with van der Waals surface area (Å²) in [5.74, 6) is -0.594. The molecule has 7 nitrogen and oxygen atoms in total. The van der Waals surface area contributed by atoms with Crippen LogP contribution in [0.3, 0.4) is 0 Å². The molecule has 0 aliphatic carbocycles. The molecular formula is C24H22F3N3O4. The van der Waals surface area contributed by atoms with Crippen molar-refractivity contribution in [3.8, 4) is 11.3 Å². The molecule has 0 atom stereocenters. The number of hydrogen-bond acceptors (Lipinski definition) is 5. The molecule has 10 heteroatoms. The number of carbonyl (C=O) groups excluding carboxylic acids is 2. The van der Waals surface area contributed by atoms with Gasteiger partial charge >= 0.3 is 6.18 Å². The summed E-state index contributed by atoms with van der Waals surface area (Å²) in [4.78, 5) is 26.7. The summed E-state index contributed by atoms with van der Waals surface area (Å²) in [5.41, 5.74) is 0.463. The molecule has 4 rings (SSSR count). The van der Waals surface area contributed by atoms with Gasteiger partial charge in [-0.25, -0.2) is 0 Å². The highest BCUT2D eigenvalue weighted by atomic mass is 19.4. The molecule has 0 bridgehead atoms. The molecule has 0 saturated carbocycles. The number of furan rings is 1. The number of halogens is 3. The maximum absolute atomic E-state index is 12.9. The van der Waals surface area contributed by atoms with E-state index in [1.54, 1.807) is 24.3 Å². The van der Waals surface area contributed by atoms with Gasteiger partial charge in [-0.2, -0.15) is 13.2 Å². The summed E-state index contributed by atoms with van der Waals surface area (Å²) in [5, 5.41) is 5.46. The molecule has 0 unspecified atom stereocenters. The minimum atomic E-state index is -4.48. The number of carbonyl (C=O) groups is 2. The van der Waals surface area contributed by atoms with E-state index in [-0.39, 0.29) is 29.5 Å². The third-order valence-corrected chi connectivity index (χ3v) is 5.20. The van der Waals surface area contributed by atoms with Gasteiger partial charge in [0.15, 0.2) is 5.76 Å². The van der Waals surface area contributed by atoms with E-state index in [1.807, 2.05) is 4.90 Å². The van der Waals surface area contributed by atoms with E-state index in [1.165, 1.54) is 24.3 Å². The Bertz CT molecular complexity index is 1150. The van der Waals surface area contributed by atoms with Gasteiger partial charge in [-0.05, 0) is 48.5 Å². The van der Waals surface area contributed by atoms with Crippen LogP contribution in [0.15, 0.2) is 65.1 Å². The highest BCUT2D eigenvalue weighted by Gasteiger charge is 2.30. The number of amides is 2. The van der Waals surface area contributed by atoms with Crippen LogP contribution in [-0.2, 0) is 15.7 Å². The Labute approximate surface area is 193 Å². The van der Waals surface area contributed by atoms with E-state index >= 15 is 0 Å². The fourth-order valence-electron chi connectivity index (χ4n) is 3.46. The largest absolute Gasteiger partial charge is 0.451 e. The van der Waals surface area contributed by atoms with Crippen LogP contribution in [0.4, 0.5) is 24.5 Å². The van der Waals surface area contributed by atoms with Crippen molar-refractivity contribution < 1.29 is 31.9 Å². The fraction of sp³-hybridized carbons (Fsp3) is 0.250. The standard InChI is InChI=1S/C24H22F3N3O4/c25-24(26,27)17-3-1-2-16(14-17)20-8-9-21(34-20)23(32)29-19-6-4-18(5-7-19)28-22(31)15-30-10-12-33-13-11-30/h1-9,14H,10-13,15H2,(H,28,31)(H,29,32). The first kappa shape index (κ1) is 23.5. The van der Waals surface area contributed by atoms with E-state index in [0.29, 0.717) is 37.7 Å². The van der Waals surface area contributed by atoms with Crippen molar-refractivity contribution in [3.05, 3.63) is 72.0 Å². The molecule has 2 heterocycles. The summed E-state index contributed by atoms with van der Waals surface area (Å²) in [6.45, 7) is 2.91. The highest BCUT2D eigenvalue weighted by molar-refractivity contribution is 6.02. The predicted molar refractivity (Wildman–Crippen MR) is 119 cm³/mol. The van der Waals surface area contributed by atoms with Gasteiger partial charge in [-0.3, -0.25) is 14.5 Å². The third kappa shape index (κ3) is 6.03. The van der Waals surface area contributed by atoms with Crippen LogP contribution in [0.25, 0.3) is 11.3 Å². The van der Waals surface area contributed by atoms with Gasteiger partial charge < -0.3 is 19.8 Å². The summed E-state index contributed by atoms with van der Waals surface area (Å²) in [6.07, 6.45) is -4.48. The fourth-order valence-corrected chi connectivity index (χ4v) is 3.46. The molecule has 3 aromatic rings. The average molecular weight is 473 g/mol. The van der Waals surface area contributed by atoms with Gasteiger partial charge in [-0.1, -0.05) is 12.1 Å². The first-order chi connectivity index (χ1) is 16.3. The maximum Gasteiger partial charge on any atom is 0.416 e. The second-order valence-corrected chi connectivity index (χ2v) is 7.71. The normalized spacial score (nSPS) is 14.6. The number of ether oxygens (including phenoxy) is 1. The Balaban J connectivity index is 1.34. The van der Waals surface area contributed by atoms with Crippen LogP contribution in [-0.4, -0.2) is 49.6 Å². The zero-order valence-corrected chi connectivity index (χ0v) is 18.0. The van der Waals surface area contributed by atoms with Gasteiger partial charge in [0.2, 0.25) is 5.91 Å². The number of alkyl halides is 3. The molecule has 2 amide bonds. The van der Waals surface area contributed by atoms with Crippen molar-refractivity contribution in [1.82, 2.24) is 4.90 Å². The van der Waals surface area contributed by atoms with E-state index in [0.717, 1.165) is 12.1 Å². The maximum atomic E-state index is 12.9. The smallest absolute Gasteiger partial charge is 0.416 e. The minimum Gasteiger partial charge on any atom is -0.451 e. The number of nitrogens with one attached hydrogen (secondary N) is 2. The molecule has 1 aliphatic rings. The molecular weight excluding hydrogens is 451 g/mol. The molecule has 1 aliphatic heterocycles. The molecule has 0 radical (unpaired) electrons. The summed E-state index contributed by atoms with van der Waals surface area (Å²) in [7, 11) is 0.